The van der Waals surface area contributed by atoms with E-state index >= 15 is 0 Å². The zero-order valence-electron chi connectivity index (χ0n) is 10.9. The second-order valence-electron chi connectivity index (χ2n) is 6.35. The molecule has 5 atom stereocenters. The molecule has 2 N–H and O–H groups in total. The highest BCUT2D eigenvalue weighted by Gasteiger charge is 2.45. The van der Waals surface area contributed by atoms with E-state index in [1.807, 2.05) is 0 Å². The predicted octanol–water partition coefficient (Wildman–Crippen LogP) is 2.66. The SMILES string of the molecule is CC1C(N)CCC1C1CCOC2(CCSC2)C1. The Balaban J connectivity index is 1.67. The summed E-state index contributed by atoms with van der Waals surface area (Å²) in [5, 5.41) is 0. The van der Waals surface area contributed by atoms with Crippen LogP contribution in [0, 0.1) is 17.8 Å². The quantitative estimate of drug-likeness (QED) is 0.782. The summed E-state index contributed by atoms with van der Waals surface area (Å²) >= 11 is 2.08. The maximum absolute atomic E-state index is 6.18. The van der Waals surface area contributed by atoms with Gasteiger partial charge < -0.3 is 10.5 Å². The van der Waals surface area contributed by atoms with Crippen molar-refractivity contribution < 1.29 is 4.74 Å². The minimum absolute atomic E-state index is 0.250. The lowest BCUT2D eigenvalue weighted by Crippen LogP contribution is -2.42. The lowest BCUT2D eigenvalue weighted by atomic mass is 9.74. The summed E-state index contributed by atoms with van der Waals surface area (Å²) < 4.78 is 6.13. The topological polar surface area (TPSA) is 35.2 Å². The second-order valence-corrected chi connectivity index (χ2v) is 7.46. The van der Waals surface area contributed by atoms with Crippen LogP contribution < -0.4 is 5.73 Å². The summed E-state index contributed by atoms with van der Waals surface area (Å²) in [6, 6.07) is 0.455. The molecule has 0 aromatic heterocycles. The summed E-state index contributed by atoms with van der Waals surface area (Å²) in [5.41, 5.74) is 6.43. The number of ether oxygens (including phenoxy) is 1. The molecule has 3 aliphatic rings. The Labute approximate surface area is 109 Å². The first-order valence-electron chi connectivity index (χ1n) is 7.17. The third kappa shape index (κ3) is 2.26. The molecule has 2 heterocycles. The van der Waals surface area contributed by atoms with E-state index in [2.05, 4.69) is 18.7 Å². The van der Waals surface area contributed by atoms with E-state index in [0.29, 0.717) is 6.04 Å². The van der Waals surface area contributed by atoms with Gasteiger partial charge in [0.2, 0.25) is 0 Å². The van der Waals surface area contributed by atoms with Gasteiger partial charge in [-0.05, 0) is 55.6 Å². The summed E-state index contributed by atoms with van der Waals surface area (Å²) in [4.78, 5) is 0. The average molecular weight is 255 g/mol. The Morgan fingerprint density at radius 1 is 1.29 bits per heavy atom. The minimum atomic E-state index is 0.250. The van der Waals surface area contributed by atoms with Gasteiger partial charge in [0.05, 0.1) is 5.60 Å². The van der Waals surface area contributed by atoms with Crippen molar-refractivity contribution >= 4 is 11.8 Å². The van der Waals surface area contributed by atoms with Crippen molar-refractivity contribution in [1.29, 1.82) is 0 Å². The van der Waals surface area contributed by atoms with E-state index in [1.54, 1.807) is 0 Å². The van der Waals surface area contributed by atoms with Crippen molar-refractivity contribution in [3.8, 4) is 0 Å². The third-order valence-corrected chi connectivity index (χ3v) is 6.61. The number of thioether (sulfide) groups is 1. The van der Waals surface area contributed by atoms with Crippen LogP contribution in [0.2, 0.25) is 0 Å². The molecule has 2 saturated heterocycles. The molecule has 3 fully saturated rings. The van der Waals surface area contributed by atoms with Gasteiger partial charge >= 0.3 is 0 Å². The summed E-state index contributed by atoms with van der Waals surface area (Å²) in [5.74, 6) is 5.01. The summed E-state index contributed by atoms with van der Waals surface area (Å²) in [7, 11) is 0. The van der Waals surface area contributed by atoms with Crippen molar-refractivity contribution in [3.05, 3.63) is 0 Å². The molecule has 98 valence electrons. The maximum Gasteiger partial charge on any atom is 0.0783 e. The monoisotopic (exact) mass is 255 g/mol. The van der Waals surface area contributed by atoms with Crippen molar-refractivity contribution in [2.24, 2.45) is 23.5 Å². The molecular weight excluding hydrogens is 230 g/mol. The molecule has 17 heavy (non-hydrogen) atoms. The Bertz CT molecular complexity index is 277. The Hall–Kier alpha value is 0.270. The molecule has 0 radical (unpaired) electrons. The average Bonchev–Trinajstić information content (AvgIpc) is 2.89. The molecule has 3 rings (SSSR count). The van der Waals surface area contributed by atoms with Gasteiger partial charge in [0.25, 0.3) is 0 Å². The smallest absolute Gasteiger partial charge is 0.0783 e. The van der Waals surface area contributed by atoms with E-state index in [9.17, 15) is 0 Å². The molecule has 3 heteroatoms. The minimum Gasteiger partial charge on any atom is -0.374 e. The van der Waals surface area contributed by atoms with Gasteiger partial charge in [-0.1, -0.05) is 6.92 Å². The molecule has 0 aromatic rings. The zero-order chi connectivity index (χ0) is 11.9. The van der Waals surface area contributed by atoms with Gasteiger partial charge in [0, 0.05) is 18.4 Å². The molecule has 1 spiro atoms. The van der Waals surface area contributed by atoms with E-state index in [0.717, 1.165) is 24.4 Å². The first-order valence-corrected chi connectivity index (χ1v) is 8.33. The fourth-order valence-electron chi connectivity index (χ4n) is 4.19. The highest BCUT2D eigenvalue weighted by Crippen LogP contribution is 2.47. The highest BCUT2D eigenvalue weighted by molar-refractivity contribution is 7.99. The van der Waals surface area contributed by atoms with Crippen LogP contribution in [0.3, 0.4) is 0 Å². The molecule has 0 bridgehead atoms. The van der Waals surface area contributed by atoms with Gasteiger partial charge in [0.15, 0.2) is 0 Å². The zero-order valence-corrected chi connectivity index (χ0v) is 11.7. The Morgan fingerprint density at radius 2 is 2.18 bits per heavy atom. The first-order chi connectivity index (χ1) is 8.20. The Kier molecular flexibility index (Phi) is 3.44. The van der Waals surface area contributed by atoms with Crippen LogP contribution in [-0.4, -0.2) is 29.8 Å². The van der Waals surface area contributed by atoms with Crippen LogP contribution in [0.1, 0.15) is 39.0 Å². The van der Waals surface area contributed by atoms with Crippen molar-refractivity contribution in [1.82, 2.24) is 0 Å². The third-order valence-electron chi connectivity index (χ3n) is 5.39. The normalized spacial score (nSPS) is 51.2. The van der Waals surface area contributed by atoms with Crippen molar-refractivity contribution in [2.75, 3.05) is 18.1 Å². The van der Waals surface area contributed by atoms with Crippen LogP contribution in [0.5, 0.6) is 0 Å². The summed E-state index contributed by atoms with van der Waals surface area (Å²) in [6.07, 6.45) is 6.46. The first kappa shape index (κ1) is 12.3. The van der Waals surface area contributed by atoms with Gasteiger partial charge in [-0.3, -0.25) is 0 Å². The number of hydrogen-bond donors (Lipinski definition) is 1. The van der Waals surface area contributed by atoms with Crippen LogP contribution >= 0.6 is 11.8 Å². The van der Waals surface area contributed by atoms with Crippen molar-refractivity contribution in [2.45, 2.75) is 50.7 Å². The lowest BCUT2D eigenvalue weighted by molar-refractivity contribution is -0.0915. The van der Waals surface area contributed by atoms with Crippen LogP contribution in [0.25, 0.3) is 0 Å². The van der Waals surface area contributed by atoms with Gasteiger partial charge in [-0.15, -0.1) is 0 Å². The largest absolute Gasteiger partial charge is 0.374 e. The molecule has 1 saturated carbocycles. The molecule has 2 nitrogen and oxygen atoms in total. The molecule has 1 aliphatic carbocycles. The van der Waals surface area contributed by atoms with Crippen molar-refractivity contribution in [3.63, 3.8) is 0 Å². The molecule has 0 aromatic carbocycles. The van der Waals surface area contributed by atoms with Gasteiger partial charge in [-0.2, -0.15) is 11.8 Å². The second kappa shape index (κ2) is 4.75. The predicted molar refractivity (Wildman–Crippen MR) is 73.2 cm³/mol. The van der Waals surface area contributed by atoms with Gasteiger partial charge in [0.1, 0.15) is 0 Å². The van der Waals surface area contributed by atoms with Gasteiger partial charge in [-0.25, -0.2) is 0 Å². The fourth-order valence-corrected chi connectivity index (χ4v) is 5.57. The summed E-state index contributed by atoms with van der Waals surface area (Å²) in [6.45, 7) is 3.36. The maximum atomic E-state index is 6.18. The molecule has 2 aliphatic heterocycles. The fraction of sp³-hybridized carbons (Fsp3) is 1.00. The van der Waals surface area contributed by atoms with E-state index in [4.69, 9.17) is 10.5 Å². The molecular formula is C14H25NOS. The van der Waals surface area contributed by atoms with E-state index < -0.39 is 0 Å². The van der Waals surface area contributed by atoms with E-state index in [-0.39, 0.29) is 5.60 Å². The number of rotatable bonds is 1. The van der Waals surface area contributed by atoms with Crippen LogP contribution in [0.4, 0.5) is 0 Å². The van der Waals surface area contributed by atoms with Crippen LogP contribution in [-0.2, 0) is 4.74 Å². The molecule has 5 unspecified atom stereocenters. The lowest BCUT2D eigenvalue weighted by Gasteiger charge is -2.41. The number of hydrogen-bond acceptors (Lipinski definition) is 3. The van der Waals surface area contributed by atoms with E-state index in [1.165, 1.54) is 43.6 Å². The number of nitrogens with two attached hydrogens (primary N) is 1. The van der Waals surface area contributed by atoms with Crippen LogP contribution in [0.15, 0.2) is 0 Å². The highest BCUT2D eigenvalue weighted by atomic mass is 32.2. The Morgan fingerprint density at radius 3 is 2.82 bits per heavy atom. The molecule has 0 amide bonds. The standard InChI is InChI=1S/C14H25NOS/c1-10-12(2-3-13(10)15)11-4-6-16-14(8-11)5-7-17-9-14/h10-13H,2-9,15H2,1H3.